The molecule has 2 aliphatic rings. The highest BCUT2D eigenvalue weighted by Crippen LogP contribution is 2.39. The first kappa shape index (κ1) is 21.9. The molecule has 0 aliphatic heterocycles. The molecule has 0 spiro atoms. The highest BCUT2D eigenvalue weighted by atomic mass is 16.2. The Morgan fingerprint density at radius 3 is 2.29 bits per heavy atom. The second-order valence-corrected chi connectivity index (χ2v) is 9.60. The molecule has 4 nitrogen and oxygen atoms in total. The highest BCUT2D eigenvalue weighted by molar-refractivity contribution is 5.91. The quantitative estimate of drug-likeness (QED) is 0.574. The summed E-state index contributed by atoms with van der Waals surface area (Å²) in [6.07, 6.45) is 13.6. The summed E-state index contributed by atoms with van der Waals surface area (Å²) in [6.45, 7) is 4.64. The van der Waals surface area contributed by atoms with Crippen molar-refractivity contribution in [2.24, 2.45) is 11.8 Å². The van der Waals surface area contributed by atoms with Gasteiger partial charge in [-0.2, -0.15) is 0 Å². The molecule has 2 aromatic rings. The number of nitrogens with zero attached hydrogens (tertiary/aromatic N) is 2. The van der Waals surface area contributed by atoms with E-state index in [1.54, 1.807) is 6.20 Å². The summed E-state index contributed by atoms with van der Waals surface area (Å²) in [5, 5.41) is 3.20. The second kappa shape index (κ2) is 10.3. The van der Waals surface area contributed by atoms with Crippen molar-refractivity contribution in [2.75, 3.05) is 5.32 Å². The molecule has 2 fully saturated rings. The molecule has 4 heteroatoms. The number of aryl methyl sites for hydroxylation is 2. The normalized spacial score (nSPS) is 22.1. The molecule has 31 heavy (non-hydrogen) atoms. The molecule has 0 unspecified atom stereocenters. The van der Waals surface area contributed by atoms with E-state index in [-0.39, 0.29) is 6.03 Å². The lowest BCUT2D eigenvalue weighted by molar-refractivity contribution is 0.120. The maximum absolute atomic E-state index is 13.5. The minimum absolute atomic E-state index is 0.00386. The summed E-state index contributed by atoms with van der Waals surface area (Å²) in [7, 11) is 0. The van der Waals surface area contributed by atoms with Crippen LogP contribution >= 0.6 is 0 Å². The van der Waals surface area contributed by atoms with Gasteiger partial charge < -0.3 is 10.2 Å². The van der Waals surface area contributed by atoms with E-state index in [0.29, 0.717) is 12.6 Å². The van der Waals surface area contributed by atoms with Gasteiger partial charge in [0.05, 0.1) is 11.4 Å². The minimum Gasteiger partial charge on any atom is -0.317 e. The number of hydrogen-bond acceptors (Lipinski definition) is 2. The fourth-order valence-electron chi connectivity index (χ4n) is 5.70. The van der Waals surface area contributed by atoms with E-state index in [4.69, 9.17) is 0 Å². The molecular formula is C27H37N3O. The number of carbonyl (C=O) groups is 1. The van der Waals surface area contributed by atoms with Gasteiger partial charge in [0, 0.05) is 18.8 Å². The summed E-state index contributed by atoms with van der Waals surface area (Å²) in [5.74, 6) is 1.78. The Hall–Kier alpha value is -2.36. The summed E-state index contributed by atoms with van der Waals surface area (Å²) in [4.78, 5) is 19.9. The minimum atomic E-state index is 0.00386. The van der Waals surface area contributed by atoms with Crippen molar-refractivity contribution in [2.45, 2.75) is 84.2 Å². The third-order valence-electron chi connectivity index (χ3n) is 7.54. The van der Waals surface area contributed by atoms with Gasteiger partial charge in [0.1, 0.15) is 0 Å². The van der Waals surface area contributed by atoms with Gasteiger partial charge in [-0.3, -0.25) is 4.98 Å². The molecule has 4 rings (SSSR count). The predicted molar refractivity (Wildman–Crippen MR) is 127 cm³/mol. The number of rotatable bonds is 5. The van der Waals surface area contributed by atoms with E-state index < -0.39 is 0 Å². The lowest BCUT2D eigenvalue weighted by atomic mass is 9.72. The van der Waals surface area contributed by atoms with Gasteiger partial charge in [-0.25, -0.2) is 4.79 Å². The first-order chi connectivity index (χ1) is 15.1. The van der Waals surface area contributed by atoms with Crippen molar-refractivity contribution < 1.29 is 4.79 Å². The summed E-state index contributed by atoms with van der Waals surface area (Å²) >= 11 is 0. The van der Waals surface area contributed by atoms with Gasteiger partial charge >= 0.3 is 6.03 Å². The third kappa shape index (κ3) is 5.47. The molecule has 0 radical (unpaired) electrons. The first-order valence-electron chi connectivity index (χ1n) is 12.2. The SMILES string of the molecule is Cc1ccnc(C)c1NC(=O)N(Cc1ccccc1)[C@H]1CC[C@@H](C2CCCCC2)CC1. The Kier molecular flexibility index (Phi) is 7.26. The van der Waals surface area contributed by atoms with Crippen molar-refractivity contribution in [3.05, 3.63) is 59.4 Å². The van der Waals surface area contributed by atoms with Crippen LogP contribution in [0.5, 0.6) is 0 Å². The predicted octanol–water partition coefficient (Wildman–Crippen LogP) is 6.87. The third-order valence-corrected chi connectivity index (χ3v) is 7.54. The van der Waals surface area contributed by atoms with Crippen molar-refractivity contribution in [3.63, 3.8) is 0 Å². The molecule has 0 bridgehead atoms. The topological polar surface area (TPSA) is 45.2 Å². The van der Waals surface area contributed by atoms with Gasteiger partial charge in [0.15, 0.2) is 0 Å². The fraction of sp³-hybridized carbons (Fsp3) is 0.556. The number of nitrogens with one attached hydrogen (secondary N) is 1. The zero-order chi connectivity index (χ0) is 21.6. The number of anilines is 1. The Labute approximate surface area is 187 Å². The van der Waals surface area contributed by atoms with Crippen LogP contribution in [-0.4, -0.2) is 22.0 Å². The summed E-state index contributed by atoms with van der Waals surface area (Å²) < 4.78 is 0. The van der Waals surface area contributed by atoms with Crippen molar-refractivity contribution >= 4 is 11.7 Å². The number of benzene rings is 1. The second-order valence-electron chi connectivity index (χ2n) is 9.60. The number of aromatic nitrogens is 1. The lowest BCUT2D eigenvalue weighted by Gasteiger charge is -2.40. The van der Waals surface area contributed by atoms with Gasteiger partial charge in [-0.05, 0) is 68.6 Å². The van der Waals surface area contributed by atoms with Crippen LogP contribution in [0.2, 0.25) is 0 Å². The van der Waals surface area contributed by atoms with E-state index in [1.165, 1.54) is 50.5 Å². The van der Waals surface area contributed by atoms with Gasteiger partial charge in [0.2, 0.25) is 0 Å². The molecule has 166 valence electrons. The maximum atomic E-state index is 13.5. The number of urea groups is 1. The van der Waals surface area contributed by atoms with Gasteiger partial charge in [-0.1, -0.05) is 62.4 Å². The van der Waals surface area contributed by atoms with Crippen molar-refractivity contribution in [1.82, 2.24) is 9.88 Å². The number of amides is 2. The number of carbonyl (C=O) groups excluding carboxylic acids is 1. The molecule has 0 atom stereocenters. The molecule has 2 amide bonds. The summed E-state index contributed by atoms with van der Waals surface area (Å²) in [5.41, 5.74) is 3.96. The van der Waals surface area contributed by atoms with E-state index in [0.717, 1.165) is 41.6 Å². The van der Waals surface area contributed by atoms with Crippen LogP contribution in [0.1, 0.15) is 74.6 Å². The van der Waals surface area contributed by atoms with Gasteiger partial charge in [0.25, 0.3) is 0 Å². The van der Waals surface area contributed by atoms with Crippen molar-refractivity contribution in [1.29, 1.82) is 0 Å². The van der Waals surface area contributed by atoms with Gasteiger partial charge in [-0.15, -0.1) is 0 Å². The molecular weight excluding hydrogens is 382 g/mol. The molecule has 1 heterocycles. The van der Waals surface area contributed by atoms with Crippen LogP contribution < -0.4 is 5.32 Å². The Bertz CT molecular complexity index is 832. The molecule has 0 saturated heterocycles. The Morgan fingerprint density at radius 1 is 0.935 bits per heavy atom. The fourth-order valence-corrected chi connectivity index (χ4v) is 5.70. The van der Waals surface area contributed by atoms with E-state index in [2.05, 4.69) is 39.5 Å². The van der Waals surface area contributed by atoms with Crippen LogP contribution in [0, 0.1) is 25.7 Å². The average Bonchev–Trinajstić information content (AvgIpc) is 2.81. The van der Waals surface area contributed by atoms with Crippen LogP contribution in [0.4, 0.5) is 10.5 Å². The first-order valence-corrected chi connectivity index (χ1v) is 12.2. The summed E-state index contributed by atoms with van der Waals surface area (Å²) in [6, 6.07) is 12.7. The standard InChI is InChI=1S/C27H37N3O/c1-20-17-18-28-21(2)26(20)29-27(31)30(19-22-9-5-3-6-10-22)25-15-13-24(14-16-25)23-11-7-4-8-12-23/h3,5-6,9-10,17-18,23-25H,4,7-8,11-16,19H2,1-2H3,(H,29,31)/t24-,25+. The van der Waals surface area contributed by atoms with Crippen LogP contribution in [-0.2, 0) is 6.54 Å². The maximum Gasteiger partial charge on any atom is 0.322 e. The molecule has 2 aliphatic carbocycles. The number of hydrogen-bond donors (Lipinski definition) is 1. The lowest BCUT2D eigenvalue weighted by Crippen LogP contribution is -2.44. The zero-order valence-electron chi connectivity index (χ0n) is 19.1. The molecule has 1 aromatic heterocycles. The Balaban J connectivity index is 1.47. The average molecular weight is 420 g/mol. The molecule has 1 aromatic carbocycles. The zero-order valence-corrected chi connectivity index (χ0v) is 19.1. The molecule has 1 N–H and O–H groups in total. The largest absolute Gasteiger partial charge is 0.322 e. The smallest absolute Gasteiger partial charge is 0.317 e. The number of pyridine rings is 1. The van der Waals surface area contributed by atoms with E-state index >= 15 is 0 Å². The highest BCUT2D eigenvalue weighted by Gasteiger charge is 2.33. The molecule has 2 saturated carbocycles. The van der Waals surface area contributed by atoms with E-state index in [9.17, 15) is 4.79 Å². The van der Waals surface area contributed by atoms with Crippen LogP contribution in [0.25, 0.3) is 0 Å². The van der Waals surface area contributed by atoms with Crippen molar-refractivity contribution in [3.8, 4) is 0 Å². The van der Waals surface area contributed by atoms with E-state index in [1.807, 2.05) is 26.0 Å². The van der Waals surface area contributed by atoms with Crippen LogP contribution in [0.15, 0.2) is 42.6 Å². The van der Waals surface area contributed by atoms with Crippen LogP contribution in [0.3, 0.4) is 0 Å². The Morgan fingerprint density at radius 2 is 1.61 bits per heavy atom. The monoisotopic (exact) mass is 419 g/mol.